The maximum absolute atomic E-state index is 13.4. The molecule has 2 heterocycles. The number of nitrogens with zero attached hydrogens (tertiary/aromatic N) is 2. The predicted molar refractivity (Wildman–Crippen MR) is 95.3 cm³/mol. The summed E-state index contributed by atoms with van der Waals surface area (Å²) in [5, 5.41) is 2.79. The molecule has 0 aliphatic carbocycles. The van der Waals surface area contributed by atoms with E-state index in [0.717, 1.165) is 4.90 Å². The Balaban J connectivity index is 1.47. The molecule has 1 aromatic carbocycles. The van der Waals surface area contributed by atoms with Crippen LogP contribution >= 0.6 is 11.8 Å². The van der Waals surface area contributed by atoms with Crippen molar-refractivity contribution < 1.29 is 18.7 Å². The standard InChI is InChI=1S/C18H18FN3O3S/c19-14-1-2-16-13(9-14)10-22(18(24)11-25-16)8-7-21-17(23)12-26-15-3-5-20-6-4-15/h1-6,9H,7-8,10-12H2,(H,21,23). The number of ether oxygens (including phenoxy) is 1. The lowest BCUT2D eigenvalue weighted by Crippen LogP contribution is -2.39. The molecule has 0 saturated heterocycles. The number of carbonyl (C=O) groups is 2. The summed E-state index contributed by atoms with van der Waals surface area (Å²) in [7, 11) is 0. The summed E-state index contributed by atoms with van der Waals surface area (Å²) in [6.45, 7) is 0.827. The highest BCUT2D eigenvalue weighted by Gasteiger charge is 2.21. The van der Waals surface area contributed by atoms with E-state index >= 15 is 0 Å². The minimum absolute atomic E-state index is 0.0928. The van der Waals surface area contributed by atoms with Crippen LogP contribution in [0, 0.1) is 5.82 Å². The molecule has 1 aliphatic heterocycles. The van der Waals surface area contributed by atoms with Gasteiger partial charge in [0.15, 0.2) is 6.61 Å². The minimum Gasteiger partial charge on any atom is -0.483 e. The molecule has 0 fully saturated rings. The average Bonchev–Trinajstić information content (AvgIpc) is 2.80. The van der Waals surface area contributed by atoms with Gasteiger partial charge in [0.2, 0.25) is 5.91 Å². The Morgan fingerprint density at radius 1 is 1.31 bits per heavy atom. The van der Waals surface area contributed by atoms with Gasteiger partial charge in [0, 0.05) is 42.5 Å². The van der Waals surface area contributed by atoms with Crippen molar-refractivity contribution in [1.29, 1.82) is 0 Å². The molecule has 1 N–H and O–H groups in total. The van der Waals surface area contributed by atoms with Gasteiger partial charge in [-0.3, -0.25) is 14.6 Å². The molecule has 0 saturated carbocycles. The van der Waals surface area contributed by atoms with E-state index in [1.165, 1.54) is 30.0 Å². The smallest absolute Gasteiger partial charge is 0.260 e. The van der Waals surface area contributed by atoms with Crippen LogP contribution in [0.25, 0.3) is 0 Å². The van der Waals surface area contributed by atoms with E-state index in [1.54, 1.807) is 17.3 Å². The predicted octanol–water partition coefficient (Wildman–Crippen LogP) is 1.85. The van der Waals surface area contributed by atoms with Gasteiger partial charge in [-0.25, -0.2) is 4.39 Å². The molecule has 0 bridgehead atoms. The van der Waals surface area contributed by atoms with Crippen LogP contribution in [0.4, 0.5) is 4.39 Å². The Morgan fingerprint density at radius 3 is 2.92 bits per heavy atom. The lowest BCUT2D eigenvalue weighted by molar-refractivity contribution is -0.133. The van der Waals surface area contributed by atoms with Gasteiger partial charge in [0.05, 0.1) is 5.75 Å². The highest BCUT2D eigenvalue weighted by atomic mass is 32.2. The largest absolute Gasteiger partial charge is 0.483 e. The van der Waals surface area contributed by atoms with E-state index < -0.39 is 0 Å². The zero-order chi connectivity index (χ0) is 18.4. The third kappa shape index (κ3) is 4.95. The fourth-order valence-electron chi connectivity index (χ4n) is 2.51. The number of thioether (sulfide) groups is 1. The molecule has 0 atom stereocenters. The summed E-state index contributed by atoms with van der Waals surface area (Å²) >= 11 is 1.42. The van der Waals surface area contributed by atoms with Crippen LogP contribution in [-0.4, -0.2) is 47.1 Å². The molecule has 26 heavy (non-hydrogen) atoms. The van der Waals surface area contributed by atoms with Crippen molar-refractivity contribution in [3.8, 4) is 5.75 Å². The highest BCUT2D eigenvalue weighted by Crippen LogP contribution is 2.24. The third-order valence-electron chi connectivity index (χ3n) is 3.81. The van der Waals surface area contributed by atoms with Crippen LogP contribution in [0.3, 0.4) is 0 Å². The van der Waals surface area contributed by atoms with Gasteiger partial charge in [-0.15, -0.1) is 11.8 Å². The number of halogens is 1. The van der Waals surface area contributed by atoms with Gasteiger partial charge >= 0.3 is 0 Å². The Bertz CT molecular complexity index is 789. The van der Waals surface area contributed by atoms with Crippen molar-refractivity contribution in [3.63, 3.8) is 0 Å². The fourth-order valence-corrected chi connectivity index (χ4v) is 3.22. The Morgan fingerprint density at radius 2 is 2.12 bits per heavy atom. The van der Waals surface area contributed by atoms with Crippen molar-refractivity contribution in [2.75, 3.05) is 25.4 Å². The van der Waals surface area contributed by atoms with Gasteiger partial charge in [0.25, 0.3) is 5.91 Å². The number of fused-ring (bicyclic) bond motifs is 1. The number of carbonyl (C=O) groups excluding carboxylic acids is 2. The molecule has 2 aromatic rings. The fraction of sp³-hybridized carbons (Fsp3) is 0.278. The second kappa shape index (κ2) is 8.66. The summed E-state index contributed by atoms with van der Waals surface area (Å²) in [5.74, 6) is 0.122. The zero-order valence-electron chi connectivity index (χ0n) is 14.0. The lowest BCUT2D eigenvalue weighted by atomic mass is 10.2. The summed E-state index contributed by atoms with van der Waals surface area (Å²) < 4.78 is 18.8. The van der Waals surface area contributed by atoms with Crippen molar-refractivity contribution in [2.24, 2.45) is 0 Å². The van der Waals surface area contributed by atoms with Crippen molar-refractivity contribution >= 4 is 23.6 Å². The summed E-state index contributed by atoms with van der Waals surface area (Å²) in [6.07, 6.45) is 3.35. The van der Waals surface area contributed by atoms with Gasteiger partial charge in [0.1, 0.15) is 11.6 Å². The molecule has 0 radical (unpaired) electrons. The van der Waals surface area contributed by atoms with Gasteiger partial charge in [-0.05, 0) is 30.3 Å². The second-order valence-electron chi connectivity index (χ2n) is 5.68. The molecule has 3 rings (SSSR count). The first-order valence-corrected chi connectivity index (χ1v) is 9.09. The van der Waals surface area contributed by atoms with Crippen LogP contribution in [0.2, 0.25) is 0 Å². The monoisotopic (exact) mass is 375 g/mol. The van der Waals surface area contributed by atoms with Gasteiger partial charge in [-0.1, -0.05) is 0 Å². The molecule has 6 nitrogen and oxygen atoms in total. The maximum Gasteiger partial charge on any atom is 0.260 e. The number of nitrogens with one attached hydrogen (secondary N) is 1. The number of hydrogen-bond donors (Lipinski definition) is 1. The Labute approximate surface area is 154 Å². The van der Waals surface area contributed by atoms with E-state index in [4.69, 9.17) is 4.74 Å². The van der Waals surface area contributed by atoms with Crippen LogP contribution < -0.4 is 10.1 Å². The van der Waals surface area contributed by atoms with E-state index in [-0.39, 0.29) is 36.5 Å². The zero-order valence-corrected chi connectivity index (χ0v) is 14.8. The molecule has 8 heteroatoms. The Kier molecular flexibility index (Phi) is 6.06. The maximum atomic E-state index is 13.4. The SMILES string of the molecule is O=C(CSc1ccncc1)NCCN1Cc2cc(F)ccc2OCC1=O. The number of rotatable bonds is 6. The van der Waals surface area contributed by atoms with Crippen molar-refractivity contribution in [1.82, 2.24) is 15.2 Å². The van der Waals surface area contributed by atoms with Crippen molar-refractivity contribution in [2.45, 2.75) is 11.4 Å². The number of benzene rings is 1. The number of amides is 2. The van der Waals surface area contributed by atoms with Crippen molar-refractivity contribution in [3.05, 3.63) is 54.1 Å². The summed E-state index contributed by atoms with van der Waals surface area (Å²) in [5.41, 5.74) is 0.621. The molecular weight excluding hydrogens is 357 g/mol. The molecule has 0 unspecified atom stereocenters. The van der Waals surface area contributed by atoms with Crippen LogP contribution in [-0.2, 0) is 16.1 Å². The molecular formula is C18H18FN3O3S. The topological polar surface area (TPSA) is 71.5 Å². The Hall–Kier alpha value is -2.61. The number of hydrogen-bond acceptors (Lipinski definition) is 5. The van der Waals surface area contributed by atoms with Crippen LogP contribution in [0.5, 0.6) is 5.75 Å². The van der Waals surface area contributed by atoms with E-state index in [9.17, 15) is 14.0 Å². The summed E-state index contributed by atoms with van der Waals surface area (Å²) in [4.78, 5) is 30.5. The first kappa shape index (κ1) is 18.2. The molecule has 1 aromatic heterocycles. The average molecular weight is 375 g/mol. The number of pyridine rings is 1. The van der Waals surface area contributed by atoms with Crippen LogP contribution in [0.15, 0.2) is 47.6 Å². The first-order chi connectivity index (χ1) is 12.6. The molecule has 0 spiro atoms. The summed E-state index contributed by atoms with van der Waals surface area (Å²) in [6, 6.07) is 7.87. The quantitative estimate of drug-likeness (QED) is 0.781. The number of aromatic nitrogens is 1. The van der Waals surface area contributed by atoms with E-state index in [2.05, 4.69) is 10.3 Å². The lowest BCUT2D eigenvalue weighted by Gasteiger charge is -2.20. The molecule has 1 aliphatic rings. The highest BCUT2D eigenvalue weighted by molar-refractivity contribution is 8.00. The molecule has 2 amide bonds. The normalized spacial score (nSPS) is 13.6. The van der Waals surface area contributed by atoms with Gasteiger partial charge in [-0.2, -0.15) is 0 Å². The second-order valence-corrected chi connectivity index (χ2v) is 6.73. The van der Waals surface area contributed by atoms with E-state index in [0.29, 0.717) is 24.4 Å². The minimum atomic E-state index is -0.372. The van der Waals surface area contributed by atoms with E-state index in [1.807, 2.05) is 12.1 Å². The first-order valence-electron chi connectivity index (χ1n) is 8.10. The third-order valence-corrected chi connectivity index (χ3v) is 4.82. The molecule has 136 valence electrons. The van der Waals surface area contributed by atoms with Gasteiger partial charge < -0.3 is 15.0 Å². The van der Waals surface area contributed by atoms with Crippen LogP contribution in [0.1, 0.15) is 5.56 Å².